The molecular formula is C18H15F4N3O5. The fourth-order valence-corrected chi connectivity index (χ4v) is 2.37. The summed E-state index contributed by atoms with van der Waals surface area (Å²) in [5.41, 5.74) is -1.05. The summed E-state index contributed by atoms with van der Waals surface area (Å²) in [6.45, 7) is 0.320. The van der Waals surface area contributed by atoms with Crippen LogP contribution in [-0.2, 0) is 10.9 Å². The van der Waals surface area contributed by atoms with Crippen LogP contribution in [0.4, 0.5) is 33.9 Å². The Balaban J connectivity index is 1.81. The molecule has 8 nitrogen and oxygen atoms in total. The molecule has 0 fully saturated rings. The Morgan fingerprint density at radius 3 is 2.63 bits per heavy atom. The molecule has 0 radical (unpaired) electrons. The molecular weight excluding hydrogens is 414 g/mol. The SMILES string of the molecule is COCCOc1cc(-c2ccco2)c(NC(=O)Nc2cc(C(F)(F)F)no2)cc1F. The minimum absolute atomic E-state index is 0.0189. The van der Waals surface area contributed by atoms with Gasteiger partial charge in [0.25, 0.3) is 0 Å². The second-order valence-electron chi connectivity index (χ2n) is 5.80. The lowest BCUT2D eigenvalue weighted by Gasteiger charge is -2.13. The topological polar surface area (TPSA) is 98.8 Å². The van der Waals surface area contributed by atoms with Gasteiger partial charge in [0.05, 0.1) is 18.6 Å². The number of ether oxygens (including phenoxy) is 2. The summed E-state index contributed by atoms with van der Waals surface area (Å²) in [5.74, 6) is -1.13. The van der Waals surface area contributed by atoms with Crippen LogP contribution in [0.3, 0.4) is 0 Å². The van der Waals surface area contributed by atoms with Gasteiger partial charge in [-0.1, -0.05) is 5.16 Å². The number of nitrogens with zero attached hydrogens (tertiary/aromatic N) is 1. The Bertz CT molecular complexity index is 1000. The average Bonchev–Trinajstić information content (AvgIpc) is 3.35. The highest BCUT2D eigenvalue weighted by atomic mass is 19.4. The highest BCUT2D eigenvalue weighted by Crippen LogP contribution is 2.35. The van der Waals surface area contributed by atoms with Crippen molar-refractivity contribution < 1.29 is 40.8 Å². The van der Waals surface area contributed by atoms with Gasteiger partial charge in [-0.05, 0) is 18.2 Å². The van der Waals surface area contributed by atoms with E-state index >= 15 is 0 Å². The number of carbonyl (C=O) groups is 1. The number of nitrogens with one attached hydrogen (secondary N) is 2. The van der Waals surface area contributed by atoms with Crippen molar-refractivity contribution in [3.8, 4) is 17.1 Å². The summed E-state index contributed by atoms with van der Waals surface area (Å²) in [4.78, 5) is 12.2. The molecule has 2 N–H and O–H groups in total. The summed E-state index contributed by atoms with van der Waals surface area (Å²) in [5, 5.41) is 7.21. The van der Waals surface area contributed by atoms with Crippen molar-refractivity contribution in [3.05, 3.63) is 48.1 Å². The molecule has 2 amide bonds. The molecule has 3 aromatic rings. The standard InChI is InChI=1S/C18H15F4N3O5/c1-27-5-6-29-14-7-10(13-3-2-4-28-13)12(8-11(14)19)23-17(26)24-16-9-15(25-30-16)18(20,21)22/h2-4,7-9H,5-6H2,1H3,(H2,23,24,26). The molecule has 2 aromatic heterocycles. The van der Waals surface area contributed by atoms with E-state index in [0.717, 1.165) is 6.07 Å². The van der Waals surface area contributed by atoms with Gasteiger partial charge in [-0.15, -0.1) is 0 Å². The molecule has 0 atom stereocenters. The Kier molecular flexibility index (Phi) is 6.26. The van der Waals surface area contributed by atoms with Crippen LogP contribution in [0.25, 0.3) is 11.3 Å². The lowest BCUT2D eigenvalue weighted by Crippen LogP contribution is -2.20. The maximum Gasteiger partial charge on any atom is 0.436 e. The fourth-order valence-electron chi connectivity index (χ4n) is 2.37. The number of methoxy groups -OCH3 is 1. The molecule has 1 aromatic carbocycles. The van der Waals surface area contributed by atoms with Crippen LogP contribution in [0.2, 0.25) is 0 Å². The van der Waals surface area contributed by atoms with Gasteiger partial charge in [0, 0.05) is 24.8 Å². The number of anilines is 2. The maximum absolute atomic E-state index is 14.4. The Hall–Kier alpha value is -3.54. The van der Waals surface area contributed by atoms with E-state index in [1.165, 1.54) is 19.4 Å². The van der Waals surface area contributed by atoms with E-state index in [1.807, 2.05) is 0 Å². The smallest absolute Gasteiger partial charge is 0.436 e. The molecule has 0 unspecified atom stereocenters. The van der Waals surface area contributed by atoms with Crippen LogP contribution in [0.15, 0.2) is 45.5 Å². The zero-order valence-electron chi connectivity index (χ0n) is 15.4. The minimum Gasteiger partial charge on any atom is -0.488 e. The van der Waals surface area contributed by atoms with E-state index in [1.54, 1.807) is 12.1 Å². The van der Waals surface area contributed by atoms with Gasteiger partial charge in [-0.25, -0.2) is 9.18 Å². The van der Waals surface area contributed by atoms with Crippen LogP contribution >= 0.6 is 0 Å². The molecule has 0 spiro atoms. The first-order valence-electron chi connectivity index (χ1n) is 8.39. The third-order valence-corrected chi connectivity index (χ3v) is 3.69. The summed E-state index contributed by atoms with van der Waals surface area (Å²) in [6, 6.07) is 4.99. The highest BCUT2D eigenvalue weighted by molar-refractivity contribution is 6.01. The fraction of sp³-hybridized carbons (Fsp3) is 0.222. The highest BCUT2D eigenvalue weighted by Gasteiger charge is 2.35. The quantitative estimate of drug-likeness (QED) is 0.415. The maximum atomic E-state index is 14.4. The molecule has 0 saturated carbocycles. The number of halogens is 4. The van der Waals surface area contributed by atoms with Gasteiger partial charge in [-0.3, -0.25) is 5.32 Å². The Labute approximate surface area is 166 Å². The molecule has 0 aliphatic carbocycles. The number of hydrogen-bond acceptors (Lipinski definition) is 6. The van der Waals surface area contributed by atoms with E-state index in [4.69, 9.17) is 13.9 Å². The summed E-state index contributed by atoms with van der Waals surface area (Å²) < 4.78 is 72.0. The monoisotopic (exact) mass is 429 g/mol. The van der Waals surface area contributed by atoms with Gasteiger partial charge in [0.1, 0.15) is 12.4 Å². The van der Waals surface area contributed by atoms with Crippen LogP contribution in [0.5, 0.6) is 5.75 Å². The van der Waals surface area contributed by atoms with Crippen molar-refractivity contribution in [1.29, 1.82) is 0 Å². The van der Waals surface area contributed by atoms with E-state index in [2.05, 4.69) is 20.3 Å². The first-order valence-corrected chi connectivity index (χ1v) is 8.39. The van der Waals surface area contributed by atoms with Crippen LogP contribution < -0.4 is 15.4 Å². The van der Waals surface area contributed by atoms with Gasteiger partial charge in [0.2, 0.25) is 5.88 Å². The van der Waals surface area contributed by atoms with E-state index in [9.17, 15) is 22.4 Å². The van der Waals surface area contributed by atoms with Crippen LogP contribution in [-0.4, -0.2) is 31.5 Å². The van der Waals surface area contributed by atoms with Gasteiger partial charge < -0.3 is 23.7 Å². The van der Waals surface area contributed by atoms with Crippen molar-refractivity contribution in [2.45, 2.75) is 6.18 Å². The normalized spacial score (nSPS) is 11.4. The zero-order valence-corrected chi connectivity index (χ0v) is 15.4. The molecule has 0 saturated heterocycles. The van der Waals surface area contributed by atoms with Crippen molar-refractivity contribution in [2.24, 2.45) is 0 Å². The zero-order chi connectivity index (χ0) is 21.7. The number of hydrogen-bond donors (Lipinski definition) is 2. The van der Waals surface area contributed by atoms with Crippen molar-refractivity contribution >= 4 is 17.6 Å². The predicted molar refractivity (Wildman–Crippen MR) is 95.6 cm³/mol. The second-order valence-corrected chi connectivity index (χ2v) is 5.80. The average molecular weight is 429 g/mol. The van der Waals surface area contributed by atoms with Crippen LogP contribution in [0.1, 0.15) is 5.69 Å². The van der Waals surface area contributed by atoms with Gasteiger partial charge in [0.15, 0.2) is 17.3 Å². The molecule has 30 heavy (non-hydrogen) atoms. The number of aromatic nitrogens is 1. The third kappa shape index (κ3) is 5.08. The lowest BCUT2D eigenvalue weighted by molar-refractivity contribution is -0.142. The number of amides is 2. The summed E-state index contributed by atoms with van der Waals surface area (Å²) in [6.07, 6.45) is -3.35. The molecule has 0 bridgehead atoms. The number of alkyl halides is 3. The third-order valence-electron chi connectivity index (χ3n) is 3.69. The number of urea groups is 1. The van der Waals surface area contributed by atoms with Crippen molar-refractivity contribution in [1.82, 2.24) is 5.16 Å². The van der Waals surface area contributed by atoms with E-state index in [0.29, 0.717) is 11.8 Å². The number of carbonyl (C=O) groups excluding carboxylic acids is 1. The van der Waals surface area contributed by atoms with E-state index in [-0.39, 0.29) is 30.2 Å². The molecule has 0 aliphatic heterocycles. The predicted octanol–water partition coefficient (Wildman–Crippen LogP) is 4.76. The minimum atomic E-state index is -4.73. The summed E-state index contributed by atoms with van der Waals surface area (Å²) in [7, 11) is 1.46. The molecule has 3 rings (SSSR count). The largest absolute Gasteiger partial charge is 0.488 e. The van der Waals surface area contributed by atoms with Crippen molar-refractivity contribution in [2.75, 3.05) is 31.0 Å². The number of benzene rings is 1. The second kappa shape index (κ2) is 8.86. The van der Waals surface area contributed by atoms with E-state index < -0.39 is 29.6 Å². The molecule has 160 valence electrons. The first-order chi connectivity index (χ1) is 14.3. The summed E-state index contributed by atoms with van der Waals surface area (Å²) >= 11 is 0. The first kappa shape index (κ1) is 21.2. The molecule has 12 heteroatoms. The lowest BCUT2D eigenvalue weighted by atomic mass is 10.1. The molecule has 0 aliphatic rings. The Morgan fingerprint density at radius 1 is 1.20 bits per heavy atom. The molecule has 2 heterocycles. The van der Waals surface area contributed by atoms with Crippen LogP contribution in [0, 0.1) is 5.82 Å². The van der Waals surface area contributed by atoms with Crippen molar-refractivity contribution in [3.63, 3.8) is 0 Å². The van der Waals surface area contributed by atoms with Gasteiger partial charge in [-0.2, -0.15) is 13.2 Å². The van der Waals surface area contributed by atoms with Gasteiger partial charge >= 0.3 is 12.2 Å². The number of rotatable bonds is 7. The Morgan fingerprint density at radius 2 is 2.00 bits per heavy atom. The number of furan rings is 1.